The molecule has 0 aliphatic carbocycles. The van der Waals surface area contributed by atoms with Crippen LogP contribution in [0.3, 0.4) is 0 Å². The minimum atomic E-state index is -2.15. The number of aromatic nitrogens is 1. The molecule has 11 nitrogen and oxygen atoms in total. The highest BCUT2D eigenvalue weighted by molar-refractivity contribution is 6.74. The van der Waals surface area contributed by atoms with Crippen molar-refractivity contribution in [3.8, 4) is 0 Å². The molecule has 0 saturated carbocycles. The Morgan fingerprint density at radius 1 is 0.703 bits per heavy atom. The van der Waals surface area contributed by atoms with Gasteiger partial charge >= 0.3 is 5.97 Å². The lowest BCUT2D eigenvalue weighted by Gasteiger charge is -2.51. The molecule has 1 aromatic heterocycles. The summed E-state index contributed by atoms with van der Waals surface area (Å²) in [4.78, 5) is 13.5. The van der Waals surface area contributed by atoms with Crippen molar-refractivity contribution in [2.45, 2.75) is 244 Å². The molecule has 2 saturated heterocycles. The monoisotopic (exact) mass is 982 g/mol. The van der Waals surface area contributed by atoms with Crippen LogP contribution in [0, 0.1) is 0 Å². The number of ether oxygens (including phenoxy) is 4. The van der Waals surface area contributed by atoms with Crippen LogP contribution in [0.5, 0.6) is 0 Å². The Bertz CT molecular complexity index is 1790. The third-order valence-electron chi connectivity index (χ3n) is 13.1. The predicted octanol–water partition coefficient (Wildman–Crippen LogP) is 12.6. The Morgan fingerprint density at radius 3 is 1.80 bits per heavy atom. The summed E-state index contributed by atoms with van der Waals surface area (Å²) in [5.41, 5.74) is 1.05. The molecule has 0 unspecified atom stereocenters. The number of hydrogen-bond acceptors (Lipinski definition) is 10. The van der Waals surface area contributed by atoms with Gasteiger partial charge in [0.25, 0.3) is 0 Å². The maximum Gasteiger partial charge on any atom is 0.305 e. The molecule has 3 heterocycles. The van der Waals surface area contributed by atoms with E-state index in [1.807, 2.05) is 12.1 Å². The van der Waals surface area contributed by atoms with E-state index in [0.29, 0.717) is 12.8 Å². The quantitative estimate of drug-likeness (QED) is 0.0723. The number of benzene rings is 1. The maximum absolute atomic E-state index is 13.5. The fraction of sp³-hybridized carbons (Fsp3) is 0.812. The van der Waals surface area contributed by atoms with Crippen molar-refractivity contribution in [3.63, 3.8) is 0 Å². The van der Waals surface area contributed by atoms with Crippen LogP contribution >= 0.6 is 0 Å². The summed E-state index contributed by atoms with van der Waals surface area (Å²) >= 11 is 0. The molecule has 1 aromatic carbocycles. The number of rotatable bonds is 20. The molecular weight excluding hydrogens is 891 g/mol. The molecule has 4 rings (SSSR count). The number of para-hydroxylation sites is 1. The number of esters is 1. The predicted molar refractivity (Wildman–Crippen MR) is 274 cm³/mol. The highest BCUT2D eigenvalue weighted by Crippen LogP contribution is 2.43. The highest BCUT2D eigenvalue weighted by Gasteiger charge is 2.53. The molecule has 16 heteroatoms. The number of hydrogen-bond donors (Lipinski definition) is 0. The summed E-state index contributed by atoms with van der Waals surface area (Å²) in [7, 11) is -10.6. The van der Waals surface area contributed by atoms with Crippen molar-refractivity contribution in [3.05, 3.63) is 36.5 Å². The lowest BCUT2D eigenvalue weighted by atomic mass is 9.98. The zero-order valence-corrected chi connectivity index (χ0v) is 49.0. The second-order valence-electron chi connectivity index (χ2n) is 24.6. The van der Waals surface area contributed by atoms with Crippen LogP contribution in [0.4, 0.5) is 0 Å². The van der Waals surface area contributed by atoms with Gasteiger partial charge in [0.1, 0.15) is 31.0 Å². The first-order valence-electron chi connectivity index (χ1n) is 24.1. The van der Waals surface area contributed by atoms with Crippen molar-refractivity contribution < 1.29 is 45.9 Å². The molecule has 0 N–H and O–H groups in total. The molecule has 0 bridgehead atoms. The van der Waals surface area contributed by atoms with Crippen LogP contribution in [-0.4, -0.2) is 114 Å². The Balaban J connectivity index is 1.44. The van der Waals surface area contributed by atoms with Gasteiger partial charge in [0.2, 0.25) is 0 Å². The van der Waals surface area contributed by atoms with E-state index in [1.54, 1.807) is 0 Å². The van der Waals surface area contributed by atoms with Crippen molar-refractivity contribution in [2.75, 3.05) is 6.61 Å². The van der Waals surface area contributed by atoms with E-state index in [4.69, 9.17) is 41.1 Å². The first-order valence-corrected chi connectivity index (χ1v) is 40.2. The number of nitrogens with zero attached hydrogens (tertiary/aromatic N) is 1. The fourth-order valence-electron chi connectivity index (χ4n) is 7.85. The molecule has 2 aromatic rings. The van der Waals surface area contributed by atoms with Crippen LogP contribution in [-0.2, 0) is 45.9 Å². The summed E-state index contributed by atoms with van der Waals surface area (Å²) < 4.78 is 63.7. The second kappa shape index (κ2) is 21.3. The van der Waals surface area contributed by atoms with E-state index < -0.39 is 78.5 Å². The van der Waals surface area contributed by atoms with Gasteiger partial charge in [-0.1, -0.05) is 66.2 Å². The van der Waals surface area contributed by atoms with Gasteiger partial charge in [0, 0.05) is 19.0 Å². The van der Waals surface area contributed by atoms with E-state index >= 15 is 0 Å². The lowest BCUT2D eigenvalue weighted by Crippen LogP contribution is -2.64. The molecule has 64 heavy (non-hydrogen) atoms. The van der Waals surface area contributed by atoms with Gasteiger partial charge in [0.05, 0.1) is 29.9 Å². The summed E-state index contributed by atoms with van der Waals surface area (Å²) in [6, 6.07) is 10.4. The van der Waals surface area contributed by atoms with Gasteiger partial charge in [-0.2, -0.15) is 0 Å². The normalized spacial score (nSPS) is 27.5. The van der Waals surface area contributed by atoms with E-state index in [1.165, 1.54) is 0 Å². The Labute approximate surface area is 394 Å². The molecule has 0 spiro atoms. The second-order valence-corrected chi connectivity index (χ2v) is 47.5. The van der Waals surface area contributed by atoms with Crippen molar-refractivity contribution in [1.82, 2.24) is 4.57 Å². The summed E-state index contributed by atoms with van der Waals surface area (Å²) in [5, 5.41) is 1.24. The summed E-state index contributed by atoms with van der Waals surface area (Å²) in [6.45, 7) is 46.8. The fourth-order valence-corrected chi connectivity index (χ4v) is 13.8. The molecule has 0 amide bonds. The Hall–Kier alpha value is -1.01. The number of carbonyl (C=O) groups is 1. The highest BCUT2D eigenvalue weighted by atomic mass is 28.4. The van der Waals surface area contributed by atoms with Crippen LogP contribution in [0.25, 0.3) is 10.9 Å². The minimum absolute atomic E-state index is 0.0368. The zero-order chi connectivity index (χ0) is 48.4. The zero-order valence-electron chi connectivity index (χ0n) is 44.0. The third-order valence-corrected chi connectivity index (χ3v) is 25.1. The van der Waals surface area contributed by atoms with E-state index in [2.05, 4.69) is 169 Å². The SMILES string of the molecule is C[C@H](CCCCC(=O)OC[C@H]1O[C@@H](n2ccc3ccccc32)[C@H](O[Si](C)(C)C)[C@@H](O[Si](C)(C)C)[C@@H]1O[Si](C)(C)C)O[C@@H]1O[C@@H](C)[C@H](O[Si](C)(C)C(C)(C)C)C[C@H]1O[Si](C)(C)C(C)(C)C. The molecule has 2 aliphatic rings. The molecule has 10 atom stereocenters. The molecule has 0 radical (unpaired) electrons. The number of carbonyl (C=O) groups excluding carboxylic acids is 1. The van der Waals surface area contributed by atoms with Crippen LogP contribution in [0.1, 0.15) is 93.7 Å². The van der Waals surface area contributed by atoms with Crippen molar-refractivity contribution >= 4 is 58.5 Å². The Kier molecular flexibility index (Phi) is 18.5. The molecule has 2 aliphatic heterocycles. The van der Waals surface area contributed by atoms with Crippen LogP contribution < -0.4 is 0 Å². The van der Waals surface area contributed by atoms with E-state index in [-0.39, 0.29) is 47.1 Å². The Morgan fingerprint density at radius 2 is 1.23 bits per heavy atom. The van der Waals surface area contributed by atoms with Crippen LogP contribution in [0.2, 0.25) is 95.2 Å². The van der Waals surface area contributed by atoms with Gasteiger partial charge < -0.3 is 45.6 Å². The maximum atomic E-state index is 13.5. The smallest absolute Gasteiger partial charge is 0.305 e. The number of unbranched alkanes of at least 4 members (excludes halogenated alkanes) is 1. The van der Waals surface area contributed by atoms with Crippen molar-refractivity contribution in [2.24, 2.45) is 0 Å². The summed E-state index contributed by atoms with van der Waals surface area (Å²) in [6.07, 6.45) is 1.92. The molecular formula is C48H91NO10Si5. The van der Waals surface area contributed by atoms with Gasteiger partial charge in [-0.3, -0.25) is 4.79 Å². The average Bonchev–Trinajstić information content (AvgIpc) is 3.54. The van der Waals surface area contributed by atoms with Gasteiger partial charge in [0.15, 0.2) is 54.1 Å². The van der Waals surface area contributed by atoms with Crippen LogP contribution in [0.15, 0.2) is 36.5 Å². The van der Waals surface area contributed by atoms with E-state index in [0.717, 1.165) is 30.2 Å². The first-order chi connectivity index (χ1) is 29.1. The minimum Gasteiger partial charge on any atom is -0.463 e. The molecule has 2 fully saturated rings. The van der Waals surface area contributed by atoms with Gasteiger partial charge in [-0.25, -0.2) is 0 Å². The van der Waals surface area contributed by atoms with E-state index in [9.17, 15) is 4.79 Å². The largest absolute Gasteiger partial charge is 0.463 e. The van der Waals surface area contributed by atoms with Crippen molar-refractivity contribution in [1.29, 1.82) is 0 Å². The lowest BCUT2D eigenvalue weighted by molar-refractivity contribution is -0.268. The topological polar surface area (TPSA) is 105 Å². The van der Waals surface area contributed by atoms with Gasteiger partial charge in [-0.05, 0) is 139 Å². The first kappa shape index (κ1) is 55.6. The average molecular weight is 983 g/mol. The number of fused-ring (bicyclic) bond motifs is 1. The third kappa shape index (κ3) is 15.8. The summed E-state index contributed by atoms with van der Waals surface area (Å²) in [5.74, 6) is -0.255. The standard InChI is InChI=1S/C48H91NO10Si5/c1-34(52-46-39(56-64(20,21)48(6,7)8)32-38(35(2)53-46)55-63(18,19)47(3,4)5)26-22-25-29-41(50)51-33-40-42(57-60(9,10)11)43(58-61(12,13)14)44(59-62(15,16)17)45(54-40)49-31-30-36-27-23-24-28-37(36)49/h23-24,27-28,30-31,34-35,38-40,42-46H,22,25-26,29,32-33H2,1-21H3/t34-,35+,38-,39-,40-,42-,43+,44-,45-,46-/m1/s1. The molecule has 368 valence electrons. The van der Waals surface area contributed by atoms with Gasteiger partial charge in [-0.15, -0.1) is 0 Å².